The van der Waals surface area contributed by atoms with E-state index in [1.54, 1.807) is 60.7 Å². The van der Waals surface area contributed by atoms with Gasteiger partial charge in [0.05, 0.1) is 9.79 Å². The first-order chi connectivity index (χ1) is 19.1. The number of hydrogen-bond donors (Lipinski definition) is 0. The summed E-state index contributed by atoms with van der Waals surface area (Å²) < 4.78 is 59.7. The quantitative estimate of drug-likeness (QED) is 0.208. The zero-order valence-corrected chi connectivity index (χ0v) is 26.6. The Morgan fingerprint density at radius 2 is 0.854 bits per heavy atom. The van der Waals surface area contributed by atoms with E-state index < -0.39 is 32.4 Å². The zero-order valence-electron chi connectivity index (χ0n) is 22.5. The molecule has 208 valence electrons. The van der Waals surface area contributed by atoms with Gasteiger partial charge in [-0.1, -0.05) is 96.1 Å². The Bertz CT molecular complexity index is 1660. The second-order valence-electron chi connectivity index (χ2n) is 9.54. The van der Waals surface area contributed by atoms with Crippen LogP contribution in [0.1, 0.15) is 45.6 Å². The van der Waals surface area contributed by atoms with Gasteiger partial charge in [-0.25, -0.2) is 0 Å². The van der Waals surface area contributed by atoms with E-state index in [2.05, 4.69) is 0 Å². The zero-order chi connectivity index (χ0) is 28.3. The summed E-state index contributed by atoms with van der Waals surface area (Å²) in [4.78, 5) is 0.363. The summed E-state index contributed by atoms with van der Waals surface area (Å²) >= 11 is 0. The van der Waals surface area contributed by atoms with E-state index in [0.29, 0.717) is 0 Å². The van der Waals surface area contributed by atoms with Crippen LogP contribution in [-0.4, -0.2) is 16.8 Å². The maximum Gasteiger partial charge on any atom is 0.297 e. The summed E-state index contributed by atoms with van der Waals surface area (Å²) in [6.07, 6.45) is 6.19. The number of fused-ring (bicyclic) bond motifs is 2. The number of rotatable bonds is 6. The first kappa shape index (κ1) is 31.0. The Morgan fingerprint density at radius 1 is 0.512 bits per heavy atom. The van der Waals surface area contributed by atoms with Crippen molar-refractivity contribution >= 4 is 32.4 Å². The Labute approximate surface area is 260 Å². The van der Waals surface area contributed by atoms with Crippen LogP contribution in [-0.2, 0) is 54.8 Å². The standard InChI is InChI=1S/2C16H14O3S.Zr/c2*1-12-6-9-14(10-7-12)20(17,18)19-16-11-8-13-4-2-3-5-15(13)16;/h2*2-11,16H,1H3;. The van der Waals surface area contributed by atoms with Gasteiger partial charge in [-0.3, -0.25) is 8.37 Å². The summed E-state index contributed by atoms with van der Waals surface area (Å²) in [5, 5.41) is 0. The fraction of sp³-hybridized carbons (Fsp3) is 0.125. The van der Waals surface area contributed by atoms with Gasteiger partial charge < -0.3 is 0 Å². The summed E-state index contributed by atoms with van der Waals surface area (Å²) in [5.41, 5.74) is 5.77. The van der Waals surface area contributed by atoms with E-state index in [4.69, 9.17) is 8.37 Å². The van der Waals surface area contributed by atoms with Crippen LogP contribution < -0.4 is 0 Å². The Kier molecular flexibility index (Phi) is 9.78. The minimum atomic E-state index is -3.75. The van der Waals surface area contributed by atoms with Crippen molar-refractivity contribution in [2.24, 2.45) is 0 Å². The van der Waals surface area contributed by atoms with Crippen molar-refractivity contribution in [2.75, 3.05) is 0 Å². The van der Waals surface area contributed by atoms with Gasteiger partial charge in [-0.2, -0.15) is 16.8 Å². The van der Waals surface area contributed by atoms with Crippen LogP contribution in [0.2, 0.25) is 0 Å². The summed E-state index contributed by atoms with van der Waals surface area (Å²) in [5.74, 6) is 0. The van der Waals surface area contributed by atoms with Crippen LogP contribution in [0.15, 0.2) is 119 Å². The Hall–Kier alpha value is -2.94. The first-order valence-electron chi connectivity index (χ1n) is 12.7. The van der Waals surface area contributed by atoms with Crippen molar-refractivity contribution in [2.45, 2.75) is 35.8 Å². The maximum absolute atomic E-state index is 12.3. The van der Waals surface area contributed by atoms with Crippen molar-refractivity contribution in [3.63, 3.8) is 0 Å². The van der Waals surface area contributed by atoms with E-state index in [9.17, 15) is 16.8 Å². The average Bonchev–Trinajstić information content (AvgIpc) is 3.53. The van der Waals surface area contributed by atoms with Gasteiger partial charge in [0, 0.05) is 26.2 Å². The summed E-state index contributed by atoms with van der Waals surface area (Å²) in [6, 6.07) is 28.5. The molecule has 9 heteroatoms. The van der Waals surface area contributed by atoms with Gasteiger partial charge in [0.2, 0.25) is 0 Å². The molecule has 0 saturated carbocycles. The number of aryl methyl sites for hydroxylation is 2. The van der Waals surface area contributed by atoms with E-state index >= 15 is 0 Å². The molecular formula is C32H28O6S2Zr. The molecule has 0 amide bonds. The summed E-state index contributed by atoms with van der Waals surface area (Å²) in [6.45, 7) is 3.82. The molecule has 2 aliphatic rings. The van der Waals surface area contributed by atoms with Crippen LogP contribution in [0.3, 0.4) is 0 Å². The molecule has 41 heavy (non-hydrogen) atoms. The van der Waals surface area contributed by atoms with Crippen molar-refractivity contribution < 1.29 is 51.4 Å². The molecule has 0 fully saturated rings. The molecule has 4 aromatic rings. The van der Waals surface area contributed by atoms with Gasteiger partial charge in [0.1, 0.15) is 12.2 Å². The molecule has 6 nitrogen and oxygen atoms in total. The number of hydrogen-bond acceptors (Lipinski definition) is 6. The molecule has 0 spiro atoms. The Balaban J connectivity index is 0.000000184. The SMILES string of the molecule is Cc1ccc(S(=O)(=O)OC2C=Cc3ccccc32)cc1.Cc1ccc(S(=O)(=O)OC2C=Cc3ccccc32)cc1.[Zr]. The second kappa shape index (κ2) is 12.9. The van der Waals surface area contributed by atoms with E-state index in [0.717, 1.165) is 33.4 Å². The third kappa shape index (κ3) is 7.29. The normalized spacial score (nSPS) is 16.7. The predicted molar refractivity (Wildman–Crippen MR) is 155 cm³/mol. The third-order valence-corrected chi connectivity index (χ3v) is 9.21. The topological polar surface area (TPSA) is 86.7 Å². The van der Waals surface area contributed by atoms with Gasteiger partial charge >= 0.3 is 0 Å². The van der Waals surface area contributed by atoms with Gasteiger partial charge in [-0.05, 0) is 72.5 Å². The third-order valence-electron chi connectivity index (χ3n) is 6.59. The van der Waals surface area contributed by atoms with Crippen molar-refractivity contribution in [1.82, 2.24) is 0 Å². The van der Waals surface area contributed by atoms with Crippen molar-refractivity contribution in [1.29, 1.82) is 0 Å². The minimum Gasteiger partial charge on any atom is -0.254 e. The fourth-order valence-electron chi connectivity index (χ4n) is 4.39. The van der Waals surface area contributed by atoms with Crippen molar-refractivity contribution in [3.05, 3.63) is 143 Å². The van der Waals surface area contributed by atoms with Crippen molar-refractivity contribution in [3.8, 4) is 0 Å². The van der Waals surface area contributed by atoms with Crippen LogP contribution >= 0.6 is 0 Å². The number of benzene rings is 4. The maximum atomic E-state index is 12.3. The molecule has 0 heterocycles. The molecule has 0 N–H and O–H groups in total. The molecule has 0 saturated heterocycles. The van der Waals surface area contributed by atoms with E-state index in [1.165, 1.54) is 0 Å². The first-order valence-corrected chi connectivity index (χ1v) is 15.5. The van der Waals surface area contributed by atoms with Crippen LogP contribution in [0, 0.1) is 13.8 Å². The minimum absolute atomic E-state index is 0. The van der Waals surface area contributed by atoms with E-state index in [-0.39, 0.29) is 36.0 Å². The van der Waals surface area contributed by atoms with E-state index in [1.807, 2.05) is 74.5 Å². The molecule has 2 aliphatic carbocycles. The van der Waals surface area contributed by atoms with Gasteiger partial charge in [-0.15, -0.1) is 0 Å². The monoisotopic (exact) mass is 662 g/mol. The van der Waals surface area contributed by atoms with Crippen LogP contribution in [0.25, 0.3) is 12.2 Å². The molecular weight excluding hydrogens is 636 g/mol. The molecule has 2 atom stereocenters. The fourth-order valence-corrected chi connectivity index (χ4v) is 6.44. The smallest absolute Gasteiger partial charge is 0.254 e. The predicted octanol–water partition coefficient (Wildman–Crippen LogP) is 6.93. The second-order valence-corrected chi connectivity index (χ2v) is 12.7. The molecule has 0 aromatic heterocycles. The molecule has 0 radical (unpaired) electrons. The molecule has 0 bridgehead atoms. The largest absolute Gasteiger partial charge is 0.297 e. The van der Waals surface area contributed by atoms with Gasteiger partial charge in [0.15, 0.2) is 0 Å². The molecule has 6 rings (SSSR count). The van der Waals surface area contributed by atoms with Crippen LogP contribution in [0.5, 0.6) is 0 Å². The molecule has 2 unspecified atom stereocenters. The molecule has 4 aromatic carbocycles. The molecule has 0 aliphatic heterocycles. The average molecular weight is 664 g/mol. The Morgan fingerprint density at radius 3 is 1.22 bits per heavy atom. The van der Waals surface area contributed by atoms with Crippen LogP contribution in [0.4, 0.5) is 0 Å². The van der Waals surface area contributed by atoms with Gasteiger partial charge in [0.25, 0.3) is 20.2 Å². The summed E-state index contributed by atoms with van der Waals surface area (Å²) in [7, 11) is -7.51.